The molecule has 0 aromatic heterocycles. The highest BCUT2D eigenvalue weighted by atomic mass is 15.7. The number of hydrazine groups is 1. The quantitative estimate of drug-likeness (QED) is 0.845. The third-order valence-corrected chi connectivity index (χ3v) is 3.27. The van der Waals surface area contributed by atoms with Gasteiger partial charge in [0.25, 0.3) is 0 Å². The van der Waals surface area contributed by atoms with Gasteiger partial charge in [-0.1, -0.05) is 30.3 Å². The van der Waals surface area contributed by atoms with Gasteiger partial charge >= 0.3 is 0 Å². The maximum atomic E-state index is 9.47. The van der Waals surface area contributed by atoms with Crippen molar-refractivity contribution in [3.63, 3.8) is 0 Å². The maximum absolute atomic E-state index is 9.47. The minimum Gasteiger partial charge on any atom is -0.289 e. The molecule has 1 unspecified atom stereocenters. The summed E-state index contributed by atoms with van der Waals surface area (Å²) in [7, 11) is 2.03. The second-order valence-corrected chi connectivity index (χ2v) is 4.70. The van der Waals surface area contributed by atoms with Crippen LogP contribution in [0.15, 0.2) is 30.3 Å². The Morgan fingerprint density at radius 3 is 2.59 bits per heavy atom. The molecular formula is C13H18N4. The fourth-order valence-electron chi connectivity index (χ4n) is 2.10. The average molecular weight is 230 g/mol. The Labute approximate surface area is 102 Å². The van der Waals surface area contributed by atoms with Crippen LogP contribution < -0.4 is 5.32 Å². The number of benzene rings is 1. The minimum atomic E-state index is -0.471. The first-order valence-corrected chi connectivity index (χ1v) is 5.79. The molecule has 1 heterocycles. The van der Waals surface area contributed by atoms with E-state index in [-0.39, 0.29) is 0 Å². The molecule has 1 aliphatic heterocycles. The zero-order chi connectivity index (χ0) is 12.3. The number of nitrogens with one attached hydrogen (secondary N) is 1. The van der Waals surface area contributed by atoms with E-state index >= 15 is 0 Å². The van der Waals surface area contributed by atoms with Crippen LogP contribution in [0.4, 0.5) is 0 Å². The van der Waals surface area contributed by atoms with Crippen LogP contribution in [-0.2, 0) is 5.41 Å². The molecule has 1 N–H and O–H groups in total. The topological polar surface area (TPSA) is 42.3 Å². The molecule has 0 bridgehead atoms. The van der Waals surface area contributed by atoms with Gasteiger partial charge in [-0.2, -0.15) is 5.26 Å². The van der Waals surface area contributed by atoms with Crippen molar-refractivity contribution in [1.82, 2.24) is 15.3 Å². The fraction of sp³-hybridized carbons (Fsp3) is 0.462. The Balaban J connectivity index is 2.18. The van der Waals surface area contributed by atoms with Crippen molar-refractivity contribution in [2.24, 2.45) is 0 Å². The maximum Gasteiger partial charge on any atom is 0.0935 e. The van der Waals surface area contributed by atoms with E-state index in [0.717, 1.165) is 18.9 Å². The van der Waals surface area contributed by atoms with Gasteiger partial charge in [0.1, 0.15) is 0 Å². The standard InChI is InChI=1S/C13H18N4/c1-13(8-14,12-6-4-3-5-7-12)9-17-11-15-10-16(17)2/h3-7,15H,9-11H2,1-2H3. The summed E-state index contributed by atoms with van der Waals surface area (Å²) in [6, 6.07) is 12.4. The van der Waals surface area contributed by atoms with Gasteiger partial charge in [-0.3, -0.25) is 5.32 Å². The summed E-state index contributed by atoms with van der Waals surface area (Å²) in [5.74, 6) is 0. The van der Waals surface area contributed by atoms with E-state index in [1.165, 1.54) is 0 Å². The summed E-state index contributed by atoms with van der Waals surface area (Å²) < 4.78 is 0. The zero-order valence-electron chi connectivity index (χ0n) is 10.3. The van der Waals surface area contributed by atoms with Crippen molar-refractivity contribution in [1.29, 1.82) is 5.26 Å². The summed E-state index contributed by atoms with van der Waals surface area (Å²) in [5, 5.41) is 17.0. The van der Waals surface area contributed by atoms with E-state index in [4.69, 9.17) is 0 Å². The summed E-state index contributed by atoms with van der Waals surface area (Å²) in [6.07, 6.45) is 0. The van der Waals surface area contributed by atoms with E-state index < -0.39 is 5.41 Å². The van der Waals surface area contributed by atoms with Crippen LogP contribution in [0.5, 0.6) is 0 Å². The molecule has 0 aliphatic carbocycles. The third-order valence-electron chi connectivity index (χ3n) is 3.27. The molecule has 0 spiro atoms. The molecule has 1 saturated heterocycles. The Morgan fingerprint density at radius 2 is 2.06 bits per heavy atom. The van der Waals surface area contributed by atoms with Crippen molar-refractivity contribution in [2.75, 3.05) is 26.9 Å². The number of hydrogen-bond acceptors (Lipinski definition) is 4. The molecule has 4 heteroatoms. The number of hydrogen-bond donors (Lipinski definition) is 1. The van der Waals surface area contributed by atoms with Crippen molar-refractivity contribution in [3.8, 4) is 6.07 Å². The van der Waals surface area contributed by atoms with Crippen LogP contribution in [0.3, 0.4) is 0 Å². The largest absolute Gasteiger partial charge is 0.289 e. The first-order chi connectivity index (χ1) is 8.15. The normalized spacial score (nSPS) is 21.0. The average Bonchev–Trinajstić information content (AvgIpc) is 2.76. The van der Waals surface area contributed by atoms with Gasteiger partial charge in [0.05, 0.1) is 24.8 Å². The highest BCUT2D eigenvalue weighted by Crippen LogP contribution is 2.24. The summed E-state index contributed by atoms with van der Waals surface area (Å²) in [5.41, 5.74) is 0.601. The van der Waals surface area contributed by atoms with E-state index in [9.17, 15) is 5.26 Å². The minimum absolute atomic E-state index is 0.471. The van der Waals surface area contributed by atoms with E-state index in [1.54, 1.807) is 0 Å². The SMILES string of the molecule is CN1CNCN1CC(C)(C#N)c1ccccc1. The lowest BCUT2D eigenvalue weighted by atomic mass is 9.84. The second-order valence-electron chi connectivity index (χ2n) is 4.70. The second kappa shape index (κ2) is 4.84. The molecule has 0 saturated carbocycles. The molecule has 17 heavy (non-hydrogen) atoms. The van der Waals surface area contributed by atoms with E-state index in [0.29, 0.717) is 6.54 Å². The number of rotatable bonds is 3. The van der Waals surface area contributed by atoms with Gasteiger partial charge in [-0.25, -0.2) is 10.0 Å². The van der Waals surface area contributed by atoms with Gasteiger partial charge < -0.3 is 0 Å². The molecule has 4 nitrogen and oxygen atoms in total. The molecule has 90 valence electrons. The zero-order valence-corrected chi connectivity index (χ0v) is 10.3. The summed E-state index contributed by atoms with van der Waals surface area (Å²) in [4.78, 5) is 0. The van der Waals surface area contributed by atoms with Crippen LogP contribution in [0.2, 0.25) is 0 Å². The van der Waals surface area contributed by atoms with Crippen molar-refractivity contribution >= 4 is 0 Å². The van der Waals surface area contributed by atoms with Gasteiger partial charge in [0, 0.05) is 13.6 Å². The van der Waals surface area contributed by atoms with Crippen LogP contribution in [0.25, 0.3) is 0 Å². The predicted molar refractivity (Wildman–Crippen MR) is 66.7 cm³/mol. The van der Waals surface area contributed by atoms with E-state index in [1.807, 2.05) is 44.3 Å². The van der Waals surface area contributed by atoms with Gasteiger partial charge in [0.15, 0.2) is 0 Å². The highest BCUT2D eigenvalue weighted by Gasteiger charge is 2.32. The summed E-state index contributed by atoms with van der Waals surface area (Å²) in [6.45, 7) is 4.35. The Morgan fingerprint density at radius 1 is 1.35 bits per heavy atom. The van der Waals surface area contributed by atoms with Gasteiger partial charge in [-0.15, -0.1) is 0 Å². The predicted octanol–water partition coefficient (Wildman–Crippen LogP) is 1.13. The lowest BCUT2D eigenvalue weighted by Crippen LogP contribution is -2.42. The fourth-order valence-corrected chi connectivity index (χ4v) is 2.10. The smallest absolute Gasteiger partial charge is 0.0935 e. The molecule has 1 atom stereocenters. The lowest BCUT2D eigenvalue weighted by molar-refractivity contribution is 0.0419. The lowest BCUT2D eigenvalue weighted by Gasteiger charge is -2.31. The number of nitriles is 1. The molecule has 1 aromatic rings. The Kier molecular flexibility index (Phi) is 3.43. The van der Waals surface area contributed by atoms with Crippen LogP contribution in [0.1, 0.15) is 12.5 Å². The Hall–Kier alpha value is -1.41. The van der Waals surface area contributed by atoms with Crippen LogP contribution in [-0.4, -0.2) is 36.9 Å². The first-order valence-electron chi connectivity index (χ1n) is 5.79. The highest BCUT2D eigenvalue weighted by molar-refractivity contribution is 5.31. The van der Waals surface area contributed by atoms with Crippen molar-refractivity contribution in [3.05, 3.63) is 35.9 Å². The summed E-state index contributed by atoms with van der Waals surface area (Å²) >= 11 is 0. The number of nitrogens with zero attached hydrogens (tertiary/aromatic N) is 3. The van der Waals surface area contributed by atoms with Gasteiger partial charge in [-0.05, 0) is 12.5 Å². The molecule has 1 aliphatic rings. The molecule has 0 amide bonds. The van der Waals surface area contributed by atoms with Gasteiger partial charge in [0.2, 0.25) is 0 Å². The Bertz CT molecular complexity index is 411. The molecular weight excluding hydrogens is 212 g/mol. The third kappa shape index (κ3) is 2.47. The van der Waals surface area contributed by atoms with Crippen molar-refractivity contribution < 1.29 is 0 Å². The molecule has 1 fully saturated rings. The molecule has 2 rings (SSSR count). The molecule has 0 radical (unpaired) electrons. The van der Waals surface area contributed by atoms with Crippen LogP contribution >= 0.6 is 0 Å². The van der Waals surface area contributed by atoms with Crippen molar-refractivity contribution in [2.45, 2.75) is 12.3 Å². The van der Waals surface area contributed by atoms with Crippen LogP contribution in [0, 0.1) is 11.3 Å². The molecule has 1 aromatic carbocycles. The monoisotopic (exact) mass is 230 g/mol. The van der Waals surface area contributed by atoms with E-state index in [2.05, 4.69) is 21.4 Å². The first kappa shape index (κ1) is 12.1.